The van der Waals surface area contributed by atoms with Gasteiger partial charge in [-0.15, -0.1) is 23.1 Å². The number of anilines is 1. The number of carbonyl (C=O) groups excluding carboxylic acids is 2. The number of hydrogen-bond acceptors (Lipinski definition) is 7. The van der Waals surface area contributed by atoms with Crippen molar-refractivity contribution in [2.45, 2.75) is 48.4 Å². The van der Waals surface area contributed by atoms with E-state index in [-0.39, 0.29) is 11.8 Å². The average Bonchev–Trinajstić information content (AvgIpc) is 3.23. The molecule has 2 saturated heterocycles. The lowest BCUT2D eigenvalue weighted by molar-refractivity contribution is -0.161. The highest BCUT2D eigenvalue weighted by molar-refractivity contribution is 8.01. The second kappa shape index (κ2) is 7.59. The molecular weight excluding hydrogens is 424 g/mol. The number of carboxylic acid groups (broad SMARTS) is 1. The van der Waals surface area contributed by atoms with Crippen molar-refractivity contribution < 1.29 is 19.5 Å². The van der Waals surface area contributed by atoms with E-state index < -0.39 is 34.1 Å². The molecule has 2 aliphatic rings. The van der Waals surface area contributed by atoms with Crippen LogP contribution in [0.4, 0.5) is 5.13 Å². The number of nitrogens with one attached hydrogen (secondary N) is 1. The molecule has 0 saturated carbocycles. The van der Waals surface area contributed by atoms with Gasteiger partial charge in [0.05, 0.1) is 11.6 Å². The van der Waals surface area contributed by atoms with Crippen LogP contribution >= 0.6 is 23.1 Å². The van der Waals surface area contributed by atoms with Crippen LogP contribution in [0, 0.1) is 0 Å². The van der Waals surface area contributed by atoms with Crippen molar-refractivity contribution in [3.63, 3.8) is 0 Å². The monoisotopic (exact) mass is 446 g/mol. The molecule has 0 spiro atoms. The average molecular weight is 447 g/mol. The highest BCUT2D eigenvalue weighted by atomic mass is 32.2. The van der Waals surface area contributed by atoms with E-state index >= 15 is 0 Å². The minimum atomic E-state index is -1.03. The summed E-state index contributed by atoms with van der Waals surface area (Å²) in [4.78, 5) is 43.2. The second-order valence-corrected chi connectivity index (χ2v) is 10.6. The quantitative estimate of drug-likeness (QED) is 0.577. The lowest BCUT2D eigenvalue weighted by Gasteiger charge is -2.43. The van der Waals surface area contributed by atoms with E-state index in [0.29, 0.717) is 17.2 Å². The minimum Gasteiger partial charge on any atom is -0.480 e. The Morgan fingerprint density at radius 3 is 2.63 bits per heavy atom. The van der Waals surface area contributed by atoms with Gasteiger partial charge in [0.2, 0.25) is 11.8 Å². The normalized spacial score (nSPS) is 25.3. The van der Waals surface area contributed by atoms with Gasteiger partial charge in [-0.25, -0.2) is 9.78 Å². The molecule has 1 aromatic heterocycles. The molecule has 2 aromatic rings. The number of nitrogens with two attached hydrogens (primary N) is 1. The molecule has 1 aromatic carbocycles. The van der Waals surface area contributed by atoms with E-state index in [9.17, 15) is 19.5 Å². The fraction of sp³-hybridized carbons (Fsp3) is 0.400. The van der Waals surface area contributed by atoms with Crippen LogP contribution in [0.1, 0.15) is 31.0 Å². The zero-order valence-electron chi connectivity index (χ0n) is 16.4. The van der Waals surface area contributed by atoms with Crippen LogP contribution in [-0.4, -0.2) is 55.0 Å². The smallest absolute Gasteiger partial charge is 0.327 e. The summed E-state index contributed by atoms with van der Waals surface area (Å²) >= 11 is 2.66. The third-order valence-corrected chi connectivity index (χ3v) is 7.73. The van der Waals surface area contributed by atoms with Crippen LogP contribution in [-0.2, 0) is 20.8 Å². The van der Waals surface area contributed by atoms with E-state index in [4.69, 9.17) is 5.73 Å². The van der Waals surface area contributed by atoms with E-state index in [1.807, 2.05) is 30.3 Å². The van der Waals surface area contributed by atoms with Crippen molar-refractivity contribution in [3.8, 4) is 0 Å². The minimum absolute atomic E-state index is 0.320. The Morgan fingerprint density at radius 2 is 2.03 bits per heavy atom. The number of carboxylic acids is 1. The molecule has 2 amide bonds. The Labute approximate surface area is 181 Å². The van der Waals surface area contributed by atoms with Crippen molar-refractivity contribution in [2.75, 3.05) is 5.73 Å². The Hall–Kier alpha value is -2.59. The van der Waals surface area contributed by atoms with E-state index in [1.54, 1.807) is 19.2 Å². The molecule has 2 fully saturated rings. The van der Waals surface area contributed by atoms with Crippen molar-refractivity contribution in [1.82, 2.24) is 15.2 Å². The fourth-order valence-electron chi connectivity index (χ4n) is 4.04. The summed E-state index contributed by atoms with van der Waals surface area (Å²) in [5.74, 6) is -2.32. The van der Waals surface area contributed by atoms with Crippen LogP contribution in [0.2, 0.25) is 0 Å². The van der Waals surface area contributed by atoms with Gasteiger partial charge in [-0.1, -0.05) is 30.3 Å². The predicted molar refractivity (Wildman–Crippen MR) is 115 cm³/mol. The first-order valence-electron chi connectivity index (χ1n) is 9.47. The molecule has 0 bridgehead atoms. The zero-order valence-corrected chi connectivity index (χ0v) is 18.1. The predicted octanol–water partition coefficient (Wildman–Crippen LogP) is 1.68. The topological polar surface area (TPSA) is 126 Å². The fourth-order valence-corrected chi connectivity index (χ4v) is 6.28. The lowest BCUT2D eigenvalue weighted by atomic mass is 9.93. The van der Waals surface area contributed by atoms with Crippen LogP contribution in [0.25, 0.3) is 0 Å². The molecule has 4 atom stereocenters. The first-order valence-corrected chi connectivity index (χ1v) is 11.2. The summed E-state index contributed by atoms with van der Waals surface area (Å²) in [6, 6.07) is 7.90. The van der Waals surface area contributed by atoms with Crippen molar-refractivity contribution in [1.29, 1.82) is 0 Å². The van der Waals surface area contributed by atoms with Crippen molar-refractivity contribution in [2.24, 2.45) is 0 Å². The number of thioether (sulfide) groups is 1. The Kier molecular flexibility index (Phi) is 5.23. The number of benzene rings is 1. The van der Waals surface area contributed by atoms with Gasteiger partial charge in [0.25, 0.3) is 0 Å². The second-order valence-electron chi connectivity index (χ2n) is 7.94. The maximum atomic E-state index is 13.2. The third-order valence-electron chi connectivity index (χ3n) is 5.47. The summed E-state index contributed by atoms with van der Waals surface area (Å²) < 4.78 is -0.640. The SMILES string of the molecule is CC1(C)S[C@@H]2[C@H](NC(=O)C(Cc3ccccc3)c3csc(N)n3)C(=O)N2[C@H]1C(=O)O. The largest absolute Gasteiger partial charge is 0.480 e. The highest BCUT2D eigenvalue weighted by Gasteiger charge is 2.64. The Morgan fingerprint density at radius 1 is 1.33 bits per heavy atom. The van der Waals surface area contributed by atoms with Gasteiger partial charge in [0, 0.05) is 10.1 Å². The molecule has 0 radical (unpaired) electrons. The summed E-state index contributed by atoms with van der Waals surface area (Å²) in [5.41, 5.74) is 7.30. The van der Waals surface area contributed by atoms with Gasteiger partial charge in [-0.3, -0.25) is 9.59 Å². The number of thiazole rings is 1. The summed E-state index contributed by atoms with van der Waals surface area (Å²) in [6.45, 7) is 3.61. The molecule has 1 unspecified atom stereocenters. The number of aromatic nitrogens is 1. The maximum absolute atomic E-state index is 13.2. The standard InChI is InChI=1S/C20H22N4O4S2/c1-20(2)14(18(27)28)24-16(26)13(17(24)30-20)23-15(25)11(12-9-29-19(21)22-12)8-10-6-4-3-5-7-10/h3-7,9,11,13-14,17H,8H2,1-2H3,(H2,21,22)(H,23,25)(H,27,28)/t11?,13-,14+,17-/m1/s1. The number of hydrogen-bond donors (Lipinski definition) is 3. The van der Waals surface area contributed by atoms with E-state index in [2.05, 4.69) is 10.3 Å². The highest BCUT2D eigenvalue weighted by Crippen LogP contribution is 2.50. The van der Waals surface area contributed by atoms with Crippen LogP contribution in [0.3, 0.4) is 0 Å². The summed E-state index contributed by atoms with van der Waals surface area (Å²) in [6.07, 6.45) is 0.418. The van der Waals surface area contributed by atoms with Gasteiger partial charge in [-0.05, 0) is 25.8 Å². The van der Waals surface area contributed by atoms with Crippen LogP contribution in [0.5, 0.6) is 0 Å². The van der Waals surface area contributed by atoms with Crippen LogP contribution < -0.4 is 11.1 Å². The van der Waals surface area contributed by atoms with Crippen LogP contribution in [0.15, 0.2) is 35.7 Å². The summed E-state index contributed by atoms with van der Waals surface area (Å²) in [7, 11) is 0. The molecule has 0 aliphatic carbocycles. The molecule has 4 rings (SSSR count). The van der Waals surface area contributed by atoms with Gasteiger partial charge in [0.1, 0.15) is 17.5 Å². The molecular formula is C20H22N4O4S2. The van der Waals surface area contributed by atoms with Gasteiger partial charge in [-0.2, -0.15) is 0 Å². The zero-order chi connectivity index (χ0) is 21.6. The number of carbonyl (C=O) groups is 3. The third kappa shape index (κ3) is 3.54. The number of nitrogen functional groups attached to an aromatic ring is 1. The van der Waals surface area contributed by atoms with Gasteiger partial charge < -0.3 is 21.1 Å². The number of rotatable bonds is 6. The molecule has 8 nitrogen and oxygen atoms in total. The molecule has 30 heavy (non-hydrogen) atoms. The first kappa shape index (κ1) is 20.7. The van der Waals surface area contributed by atoms with Crippen molar-refractivity contribution >= 4 is 46.0 Å². The summed E-state index contributed by atoms with van der Waals surface area (Å²) in [5, 5.41) is 14.1. The molecule has 4 N–H and O–H groups in total. The van der Waals surface area contributed by atoms with Gasteiger partial charge in [0.15, 0.2) is 5.13 Å². The Balaban J connectivity index is 1.54. The number of nitrogens with zero attached hydrogens (tertiary/aromatic N) is 2. The number of aliphatic carboxylic acids is 1. The van der Waals surface area contributed by atoms with Gasteiger partial charge >= 0.3 is 5.97 Å². The lowest BCUT2D eigenvalue weighted by Crippen LogP contribution is -2.70. The van der Waals surface area contributed by atoms with E-state index in [0.717, 1.165) is 5.56 Å². The number of amides is 2. The molecule has 10 heteroatoms. The maximum Gasteiger partial charge on any atom is 0.327 e. The Bertz CT molecular complexity index is 994. The van der Waals surface area contributed by atoms with E-state index in [1.165, 1.54) is 28.0 Å². The molecule has 3 heterocycles. The van der Waals surface area contributed by atoms with Crippen molar-refractivity contribution in [3.05, 3.63) is 47.0 Å². The molecule has 2 aliphatic heterocycles. The number of β-lactam (4-membered cyclic amide) rings is 1. The number of fused-ring (bicyclic) bond motifs is 1. The molecule has 158 valence electrons. The first-order chi connectivity index (χ1) is 14.2.